The highest BCUT2D eigenvalue weighted by Crippen LogP contribution is 2.19. The zero-order valence-corrected chi connectivity index (χ0v) is 9.96. The third-order valence-corrected chi connectivity index (χ3v) is 3.38. The largest absolute Gasteiger partial charge is 0.316 e. The Bertz CT molecular complexity index is 317. The van der Waals surface area contributed by atoms with E-state index in [1.807, 2.05) is 18.8 Å². The van der Waals surface area contributed by atoms with Crippen molar-refractivity contribution >= 4 is 11.6 Å². The first-order valence-corrected chi connectivity index (χ1v) is 5.64. The van der Waals surface area contributed by atoms with Gasteiger partial charge in [-0.3, -0.25) is 9.58 Å². The number of hydrogen-bond acceptors (Lipinski definition) is 3. The van der Waals surface area contributed by atoms with Gasteiger partial charge in [0.25, 0.3) is 0 Å². The Labute approximate surface area is 95.2 Å². The molecule has 2 heterocycles. The van der Waals surface area contributed by atoms with Gasteiger partial charge in [-0.15, -0.1) is 0 Å². The zero-order valence-electron chi connectivity index (χ0n) is 9.20. The summed E-state index contributed by atoms with van der Waals surface area (Å²) < 4.78 is 1.86. The molecule has 1 N–H and O–H groups in total. The molecule has 0 aromatic carbocycles. The maximum atomic E-state index is 6.07. The van der Waals surface area contributed by atoms with E-state index in [-0.39, 0.29) is 0 Å². The molecule has 4 nitrogen and oxygen atoms in total. The third-order valence-electron chi connectivity index (χ3n) is 3.06. The second-order valence-electron chi connectivity index (χ2n) is 4.07. The first-order chi connectivity index (χ1) is 7.20. The van der Waals surface area contributed by atoms with Crippen LogP contribution in [0, 0.1) is 0 Å². The van der Waals surface area contributed by atoms with E-state index >= 15 is 0 Å². The van der Waals surface area contributed by atoms with Crippen LogP contribution >= 0.6 is 11.6 Å². The average molecular weight is 229 g/mol. The summed E-state index contributed by atoms with van der Waals surface area (Å²) in [5, 5.41) is 8.21. The molecule has 1 saturated heterocycles. The molecular weight excluding hydrogens is 212 g/mol. The number of likely N-dealkylation sites (tertiary alicyclic amines) is 1. The van der Waals surface area contributed by atoms with Gasteiger partial charge in [-0.05, 0) is 13.5 Å². The van der Waals surface area contributed by atoms with Crippen LogP contribution in [-0.4, -0.2) is 40.9 Å². The average Bonchev–Trinajstić information content (AvgIpc) is 2.80. The molecule has 1 aliphatic rings. The fourth-order valence-electron chi connectivity index (χ4n) is 2.04. The van der Waals surface area contributed by atoms with Crippen molar-refractivity contribution in [1.82, 2.24) is 20.0 Å². The standard InChI is InChI=1S/C10H17ClN4/c1-12-8-3-4-15(6-8)7-10-9(11)5-13-14(10)2/h5,8,12H,3-4,6-7H2,1-2H3. The van der Waals surface area contributed by atoms with Gasteiger partial charge in [0.1, 0.15) is 0 Å². The molecule has 1 aromatic rings. The summed E-state index contributed by atoms with van der Waals surface area (Å²) in [6.07, 6.45) is 2.93. The predicted molar refractivity (Wildman–Crippen MR) is 61.0 cm³/mol. The van der Waals surface area contributed by atoms with E-state index in [1.165, 1.54) is 6.42 Å². The summed E-state index contributed by atoms with van der Waals surface area (Å²) in [6, 6.07) is 0.622. The molecule has 0 bridgehead atoms. The van der Waals surface area contributed by atoms with E-state index in [9.17, 15) is 0 Å². The Kier molecular flexibility index (Phi) is 3.29. The number of aryl methyl sites for hydroxylation is 1. The van der Waals surface area contributed by atoms with Crippen LogP contribution in [0.4, 0.5) is 0 Å². The number of hydrogen-bond donors (Lipinski definition) is 1. The minimum atomic E-state index is 0.622. The maximum absolute atomic E-state index is 6.07. The predicted octanol–water partition coefficient (Wildman–Crippen LogP) is 0.867. The van der Waals surface area contributed by atoms with E-state index in [0.29, 0.717) is 6.04 Å². The Morgan fingerprint density at radius 1 is 1.67 bits per heavy atom. The van der Waals surface area contributed by atoms with Gasteiger partial charge in [-0.2, -0.15) is 5.10 Å². The van der Waals surface area contributed by atoms with E-state index in [4.69, 9.17) is 11.6 Å². The van der Waals surface area contributed by atoms with Crippen molar-refractivity contribution in [3.63, 3.8) is 0 Å². The molecule has 1 fully saturated rings. The van der Waals surface area contributed by atoms with Crippen molar-refractivity contribution in [2.24, 2.45) is 7.05 Å². The fourth-order valence-corrected chi connectivity index (χ4v) is 2.26. The van der Waals surface area contributed by atoms with Crippen LogP contribution in [0.5, 0.6) is 0 Å². The lowest BCUT2D eigenvalue weighted by Crippen LogP contribution is -2.29. The molecule has 1 aliphatic heterocycles. The van der Waals surface area contributed by atoms with Crippen molar-refractivity contribution in [1.29, 1.82) is 0 Å². The van der Waals surface area contributed by atoms with Crippen molar-refractivity contribution in [3.05, 3.63) is 16.9 Å². The van der Waals surface area contributed by atoms with E-state index in [1.54, 1.807) is 6.20 Å². The lowest BCUT2D eigenvalue weighted by atomic mass is 10.3. The maximum Gasteiger partial charge on any atom is 0.0831 e. The topological polar surface area (TPSA) is 33.1 Å². The molecule has 5 heteroatoms. The van der Waals surface area contributed by atoms with E-state index in [0.717, 1.165) is 30.4 Å². The Morgan fingerprint density at radius 2 is 2.47 bits per heavy atom. The minimum Gasteiger partial charge on any atom is -0.316 e. The van der Waals surface area contributed by atoms with Gasteiger partial charge in [0, 0.05) is 32.7 Å². The number of likely N-dealkylation sites (N-methyl/N-ethyl adjacent to an activating group) is 1. The van der Waals surface area contributed by atoms with Gasteiger partial charge in [0.2, 0.25) is 0 Å². The Hall–Kier alpha value is -0.580. The van der Waals surface area contributed by atoms with E-state index < -0.39 is 0 Å². The fraction of sp³-hybridized carbons (Fsp3) is 0.700. The van der Waals surface area contributed by atoms with Gasteiger partial charge >= 0.3 is 0 Å². The quantitative estimate of drug-likeness (QED) is 0.834. The molecule has 0 spiro atoms. The van der Waals surface area contributed by atoms with Crippen molar-refractivity contribution < 1.29 is 0 Å². The van der Waals surface area contributed by atoms with Crippen LogP contribution in [0.25, 0.3) is 0 Å². The smallest absolute Gasteiger partial charge is 0.0831 e. The van der Waals surface area contributed by atoms with Crippen LogP contribution in [0.3, 0.4) is 0 Å². The third kappa shape index (κ3) is 2.33. The SMILES string of the molecule is CNC1CCN(Cc2c(Cl)cnn2C)C1. The van der Waals surface area contributed by atoms with Crippen LogP contribution < -0.4 is 5.32 Å². The van der Waals surface area contributed by atoms with Crippen LogP contribution in [0.2, 0.25) is 5.02 Å². The van der Waals surface area contributed by atoms with Crippen LogP contribution in [0.1, 0.15) is 12.1 Å². The summed E-state index contributed by atoms with van der Waals surface area (Å²) in [5.74, 6) is 0. The van der Waals surface area contributed by atoms with Gasteiger partial charge in [-0.1, -0.05) is 11.6 Å². The second kappa shape index (κ2) is 4.51. The summed E-state index contributed by atoms with van der Waals surface area (Å²) >= 11 is 6.07. The summed E-state index contributed by atoms with van der Waals surface area (Å²) in [4.78, 5) is 2.41. The molecule has 0 radical (unpaired) electrons. The van der Waals surface area contributed by atoms with Gasteiger partial charge in [0.05, 0.1) is 16.9 Å². The molecule has 1 atom stereocenters. The molecule has 0 amide bonds. The van der Waals surface area contributed by atoms with E-state index in [2.05, 4.69) is 15.3 Å². The molecule has 15 heavy (non-hydrogen) atoms. The zero-order chi connectivity index (χ0) is 10.8. The normalized spacial score (nSPS) is 22.5. The van der Waals surface area contributed by atoms with Crippen molar-refractivity contribution in [2.75, 3.05) is 20.1 Å². The number of nitrogens with one attached hydrogen (secondary N) is 1. The summed E-state index contributed by atoms with van der Waals surface area (Å²) in [7, 11) is 3.96. The number of rotatable bonds is 3. The van der Waals surface area contributed by atoms with Crippen LogP contribution in [0.15, 0.2) is 6.20 Å². The Morgan fingerprint density at radius 3 is 3.00 bits per heavy atom. The van der Waals surface area contributed by atoms with Gasteiger partial charge < -0.3 is 5.32 Å². The van der Waals surface area contributed by atoms with Gasteiger partial charge in [0.15, 0.2) is 0 Å². The van der Waals surface area contributed by atoms with Crippen molar-refractivity contribution in [2.45, 2.75) is 19.0 Å². The molecule has 2 rings (SSSR count). The van der Waals surface area contributed by atoms with Crippen LogP contribution in [-0.2, 0) is 13.6 Å². The first-order valence-electron chi connectivity index (χ1n) is 5.26. The molecule has 1 aromatic heterocycles. The summed E-state index contributed by atoms with van der Waals surface area (Å²) in [5.41, 5.74) is 1.11. The minimum absolute atomic E-state index is 0.622. The molecule has 1 unspecified atom stereocenters. The first kappa shape index (κ1) is 10.9. The van der Waals surface area contributed by atoms with Gasteiger partial charge in [-0.25, -0.2) is 0 Å². The lowest BCUT2D eigenvalue weighted by molar-refractivity contribution is 0.313. The lowest BCUT2D eigenvalue weighted by Gasteiger charge is -2.16. The number of halogens is 1. The summed E-state index contributed by atoms with van der Waals surface area (Å²) in [6.45, 7) is 3.12. The number of aromatic nitrogens is 2. The highest BCUT2D eigenvalue weighted by atomic mass is 35.5. The molecule has 84 valence electrons. The molecule has 0 aliphatic carbocycles. The molecular formula is C10H17ClN4. The number of nitrogens with zero attached hydrogens (tertiary/aromatic N) is 3. The monoisotopic (exact) mass is 228 g/mol. The Balaban J connectivity index is 1.98. The highest BCUT2D eigenvalue weighted by molar-refractivity contribution is 6.31. The van der Waals surface area contributed by atoms with Crippen molar-refractivity contribution in [3.8, 4) is 0 Å². The second-order valence-corrected chi connectivity index (χ2v) is 4.48. The molecule has 0 saturated carbocycles. The highest BCUT2D eigenvalue weighted by Gasteiger charge is 2.22.